The fourth-order valence-electron chi connectivity index (χ4n) is 1.97. The molecule has 18 heavy (non-hydrogen) atoms. The molecule has 1 aromatic rings. The summed E-state index contributed by atoms with van der Waals surface area (Å²) in [7, 11) is 0. The van der Waals surface area contributed by atoms with Crippen LogP contribution in [0.25, 0.3) is 0 Å². The first-order valence-corrected chi connectivity index (χ1v) is 6.81. The minimum Gasteiger partial charge on any atom is -0.378 e. The van der Waals surface area contributed by atoms with Crippen molar-refractivity contribution < 1.29 is 13.9 Å². The van der Waals surface area contributed by atoms with Crippen LogP contribution in [-0.2, 0) is 9.53 Å². The molecule has 0 saturated carbocycles. The Labute approximate surface area is 114 Å². The molecule has 0 aliphatic carbocycles. The molecule has 1 aromatic carbocycles. The van der Waals surface area contributed by atoms with Crippen LogP contribution in [0.4, 0.5) is 10.1 Å². The number of carbonyl (C=O) groups excluding carboxylic acids is 1. The van der Waals surface area contributed by atoms with E-state index in [1.165, 1.54) is 12.1 Å². The summed E-state index contributed by atoms with van der Waals surface area (Å²) in [4.78, 5) is 11.7. The van der Waals surface area contributed by atoms with E-state index >= 15 is 0 Å². The Morgan fingerprint density at radius 1 is 1.56 bits per heavy atom. The largest absolute Gasteiger partial charge is 0.378 e. The van der Waals surface area contributed by atoms with Crippen molar-refractivity contribution in [1.29, 1.82) is 0 Å². The van der Waals surface area contributed by atoms with E-state index in [1.807, 2.05) is 0 Å². The Morgan fingerprint density at radius 3 is 3.11 bits per heavy atom. The summed E-state index contributed by atoms with van der Waals surface area (Å²) in [6.07, 6.45) is 3.41. The van der Waals surface area contributed by atoms with E-state index in [-0.39, 0.29) is 17.8 Å². The summed E-state index contributed by atoms with van der Waals surface area (Å²) in [5.41, 5.74) is 0.465. The molecular formula is C13H15BrFNO2. The number of ether oxygens (including phenoxy) is 1. The van der Waals surface area contributed by atoms with Gasteiger partial charge in [-0.25, -0.2) is 4.39 Å². The first-order chi connectivity index (χ1) is 8.65. The van der Waals surface area contributed by atoms with Crippen LogP contribution in [0.2, 0.25) is 0 Å². The summed E-state index contributed by atoms with van der Waals surface area (Å²) >= 11 is 3.27. The maximum Gasteiger partial charge on any atom is 0.224 e. The summed E-state index contributed by atoms with van der Waals surface area (Å²) in [6.45, 7) is 0.793. The van der Waals surface area contributed by atoms with Crippen molar-refractivity contribution in [3.05, 3.63) is 28.5 Å². The second-order valence-electron chi connectivity index (χ2n) is 4.35. The van der Waals surface area contributed by atoms with E-state index in [9.17, 15) is 9.18 Å². The molecule has 5 heteroatoms. The van der Waals surface area contributed by atoms with Crippen LogP contribution in [0, 0.1) is 5.82 Å². The molecule has 0 spiro atoms. The summed E-state index contributed by atoms with van der Waals surface area (Å²) in [5, 5.41) is 2.69. The van der Waals surface area contributed by atoms with E-state index in [0.717, 1.165) is 25.9 Å². The topological polar surface area (TPSA) is 38.3 Å². The number of carbonyl (C=O) groups is 1. The van der Waals surface area contributed by atoms with E-state index in [2.05, 4.69) is 21.2 Å². The zero-order valence-electron chi connectivity index (χ0n) is 9.92. The SMILES string of the molecule is O=C(CCC1CCCO1)Nc1cc(F)ccc1Br. The van der Waals surface area contributed by atoms with Gasteiger partial charge in [0.2, 0.25) is 5.91 Å². The fourth-order valence-corrected chi connectivity index (χ4v) is 2.32. The number of rotatable bonds is 4. The molecule has 0 radical (unpaired) electrons. The molecule has 98 valence electrons. The maximum absolute atomic E-state index is 13.0. The lowest BCUT2D eigenvalue weighted by atomic mass is 10.1. The van der Waals surface area contributed by atoms with Gasteiger partial charge in [0.05, 0.1) is 11.8 Å². The molecule has 1 saturated heterocycles. The third-order valence-corrected chi connectivity index (χ3v) is 3.61. The van der Waals surface area contributed by atoms with Crippen molar-refractivity contribution in [3.8, 4) is 0 Å². The highest BCUT2D eigenvalue weighted by molar-refractivity contribution is 9.10. The van der Waals surface area contributed by atoms with Crippen LogP contribution in [0.15, 0.2) is 22.7 Å². The van der Waals surface area contributed by atoms with Crippen LogP contribution in [-0.4, -0.2) is 18.6 Å². The molecule has 2 rings (SSSR count). The first kappa shape index (κ1) is 13.5. The Balaban J connectivity index is 1.84. The van der Waals surface area contributed by atoms with Gasteiger partial charge in [-0.15, -0.1) is 0 Å². The molecule has 1 fully saturated rings. The molecule has 1 aliphatic rings. The van der Waals surface area contributed by atoms with Gasteiger partial charge < -0.3 is 10.1 Å². The van der Waals surface area contributed by atoms with E-state index in [0.29, 0.717) is 16.6 Å². The third kappa shape index (κ3) is 3.78. The van der Waals surface area contributed by atoms with Gasteiger partial charge >= 0.3 is 0 Å². The Kier molecular flexibility index (Phi) is 4.72. The van der Waals surface area contributed by atoms with Crippen molar-refractivity contribution in [2.24, 2.45) is 0 Å². The average Bonchev–Trinajstić information content (AvgIpc) is 2.84. The van der Waals surface area contributed by atoms with E-state index < -0.39 is 0 Å². The Morgan fingerprint density at radius 2 is 2.39 bits per heavy atom. The summed E-state index contributed by atoms with van der Waals surface area (Å²) in [5.74, 6) is -0.482. The second kappa shape index (κ2) is 6.29. The molecule has 1 heterocycles. The van der Waals surface area contributed by atoms with Crippen molar-refractivity contribution in [2.75, 3.05) is 11.9 Å². The lowest BCUT2D eigenvalue weighted by Gasteiger charge is -2.10. The monoisotopic (exact) mass is 315 g/mol. The minimum absolute atomic E-state index is 0.114. The number of hydrogen-bond donors (Lipinski definition) is 1. The summed E-state index contributed by atoms with van der Waals surface area (Å²) in [6, 6.07) is 4.21. The van der Waals surface area contributed by atoms with Gasteiger partial charge in [-0.2, -0.15) is 0 Å². The predicted molar refractivity (Wildman–Crippen MR) is 70.9 cm³/mol. The van der Waals surface area contributed by atoms with Crippen molar-refractivity contribution in [1.82, 2.24) is 0 Å². The molecule has 3 nitrogen and oxygen atoms in total. The molecule has 1 N–H and O–H groups in total. The van der Waals surface area contributed by atoms with Gasteiger partial charge in [-0.05, 0) is 53.4 Å². The summed E-state index contributed by atoms with van der Waals surface area (Å²) < 4.78 is 19.2. The van der Waals surface area contributed by atoms with E-state index in [1.54, 1.807) is 6.07 Å². The minimum atomic E-state index is -0.368. The molecule has 1 unspecified atom stereocenters. The Bertz CT molecular complexity index is 433. The highest BCUT2D eigenvalue weighted by Gasteiger charge is 2.17. The normalized spacial score (nSPS) is 18.9. The van der Waals surface area contributed by atoms with E-state index in [4.69, 9.17) is 4.74 Å². The smallest absolute Gasteiger partial charge is 0.224 e. The highest BCUT2D eigenvalue weighted by atomic mass is 79.9. The number of amides is 1. The van der Waals surface area contributed by atoms with Crippen LogP contribution >= 0.6 is 15.9 Å². The highest BCUT2D eigenvalue weighted by Crippen LogP contribution is 2.23. The van der Waals surface area contributed by atoms with Gasteiger partial charge in [-0.1, -0.05) is 0 Å². The van der Waals surface area contributed by atoms with Crippen molar-refractivity contribution in [3.63, 3.8) is 0 Å². The number of anilines is 1. The second-order valence-corrected chi connectivity index (χ2v) is 5.20. The van der Waals surface area contributed by atoms with Gasteiger partial charge in [0.25, 0.3) is 0 Å². The maximum atomic E-state index is 13.0. The van der Waals surface area contributed by atoms with Crippen molar-refractivity contribution in [2.45, 2.75) is 31.8 Å². The van der Waals surface area contributed by atoms with Crippen LogP contribution in [0.1, 0.15) is 25.7 Å². The van der Waals surface area contributed by atoms with Gasteiger partial charge in [0, 0.05) is 17.5 Å². The quantitative estimate of drug-likeness (QED) is 0.923. The standard InChI is InChI=1S/C13H15BrFNO2/c14-11-5-3-9(15)8-12(11)16-13(17)6-4-10-2-1-7-18-10/h3,5,8,10H,1-2,4,6-7H2,(H,16,17). The number of hydrogen-bond acceptors (Lipinski definition) is 2. The number of nitrogens with one attached hydrogen (secondary N) is 1. The van der Waals surface area contributed by atoms with Gasteiger partial charge in [-0.3, -0.25) is 4.79 Å². The molecule has 1 amide bonds. The Hall–Kier alpha value is -0.940. The zero-order chi connectivity index (χ0) is 13.0. The first-order valence-electron chi connectivity index (χ1n) is 6.01. The van der Waals surface area contributed by atoms with Crippen LogP contribution in [0.3, 0.4) is 0 Å². The molecule has 0 bridgehead atoms. The molecule has 0 aromatic heterocycles. The molecular weight excluding hydrogens is 301 g/mol. The number of halogens is 2. The lowest BCUT2D eigenvalue weighted by molar-refractivity contribution is -0.116. The lowest BCUT2D eigenvalue weighted by Crippen LogP contribution is -2.15. The van der Waals surface area contributed by atoms with Crippen molar-refractivity contribution >= 4 is 27.5 Å². The van der Waals surface area contributed by atoms with Gasteiger partial charge in [0.1, 0.15) is 5.82 Å². The zero-order valence-corrected chi connectivity index (χ0v) is 11.5. The molecule has 1 atom stereocenters. The van der Waals surface area contributed by atoms with Gasteiger partial charge in [0.15, 0.2) is 0 Å². The third-order valence-electron chi connectivity index (χ3n) is 2.92. The predicted octanol–water partition coefficient (Wildman–Crippen LogP) is 3.49. The number of benzene rings is 1. The average molecular weight is 316 g/mol. The molecule has 1 aliphatic heterocycles. The van der Waals surface area contributed by atoms with Crippen LogP contribution in [0.5, 0.6) is 0 Å². The van der Waals surface area contributed by atoms with Crippen LogP contribution < -0.4 is 5.32 Å². The fraction of sp³-hybridized carbons (Fsp3) is 0.462.